The Morgan fingerprint density at radius 3 is 2.30 bits per heavy atom. The molecule has 0 N–H and O–H groups in total. The van der Waals surface area contributed by atoms with E-state index in [1.54, 1.807) is 4.90 Å². The lowest BCUT2D eigenvalue weighted by atomic mass is 10.2. The second-order valence-corrected chi connectivity index (χ2v) is 11.5. The number of hydrogen-bond donors (Lipinski definition) is 0. The average Bonchev–Trinajstić information content (AvgIpc) is 3.27. The lowest BCUT2D eigenvalue weighted by Crippen LogP contribution is -2.49. The van der Waals surface area contributed by atoms with Crippen molar-refractivity contribution in [2.24, 2.45) is 0 Å². The molecule has 0 atom stereocenters. The minimum atomic E-state index is -3.86. The SMILES string of the molecule is CC(=O)N1CCN(S(=O)(=O)c2cccc(C(=O)OCc3ccc(S(=O)(=O)N(C)C)o3)c2)CC1. The van der Waals surface area contributed by atoms with Crippen molar-refractivity contribution in [3.63, 3.8) is 0 Å². The fourth-order valence-corrected chi connectivity index (χ4v) is 5.43. The maximum atomic E-state index is 13.0. The fourth-order valence-electron chi connectivity index (χ4n) is 3.15. The van der Waals surface area contributed by atoms with Crippen LogP contribution in [-0.4, -0.2) is 82.5 Å². The van der Waals surface area contributed by atoms with E-state index < -0.39 is 26.0 Å². The molecule has 1 fully saturated rings. The second-order valence-electron chi connectivity index (χ2n) is 7.52. The zero-order chi connectivity index (χ0) is 24.4. The van der Waals surface area contributed by atoms with Gasteiger partial charge in [0.2, 0.25) is 21.0 Å². The molecule has 2 heterocycles. The predicted octanol–water partition coefficient (Wildman–Crippen LogP) is 0.740. The quantitative estimate of drug-likeness (QED) is 0.509. The Kier molecular flexibility index (Phi) is 7.26. The highest BCUT2D eigenvalue weighted by molar-refractivity contribution is 7.89. The molecule has 0 spiro atoms. The molecule has 13 heteroatoms. The third-order valence-corrected chi connectivity index (χ3v) is 8.69. The molecule has 0 bridgehead atoms. The monoisotopic (exact) mass is 499 g/mol. The highest BCUT2D eigenvalue weighted by atomic mass is 32.2. The first-order valence-corrected chi connectivity index (χ1v) is 12.8. The molecule has 11 nitrogen and oxygen atoms in total. The molecular formula is C20H25N3O8S2. The van der Waals surface area contributed by atoms with Gasteiger partial charge in [-0.1, -0.05) is 6.07 Å². The van der Waals surface area contributed by atoms with Crippen LogP contribution < -0.4 is 0 Å². The van der Waals surface area contributed by atoms with E-state index in [9.17, 15) is 26.4 Å². The van der Waals surface area contributed by atoms with Crippen molar-refractivity contribution in [3.05, 3.63) is 47.7 Å². The van der Waals surface area contributed by atoms with E-state index in [-0.39, 0.29) is 46.9 Å². The summed E-state index contributed by atoms with van der Waals surface area (Å²) >= 11 is 0. The number of piperazine rings is 1. The summed E-state index contributed by atoms with van der Waals surface area (Å²) in [6.07, 6.45) is 0. The number of amides is 1. The van der Waals surface area contributed by atoms with Gasteiger partial charge in [-0.3, -0.25) is 4.79 Å². The molecule has 0 saturated carbocycles. The number of hydrogen-bond acceptors (Lipinski definition) is 8. The Morgan fingerprint density at radius 1 is 1.03 bits per heavy atom. The normalized spacial score (nSPS) is 15.6. The Morgan fingerprint density at radius 2 is 1.70 bits per heavy atom. The average molecular weight is 500 g/mol. The summed E-state index contributed by atoms with van der Waals surface area (Å²) in [7, 11) is -4.89. The summed E-state index contributed by atoms with van der Waals surface area (Å²) < 4.78 is 62.7. The van der Waals surface area contributed by atoms with E-state index in [0.29, 0.717) is 13.1 Å². The number of esters is 1. The molecule has 0 radical (unpaired) electrons. The Hall–Kier alpha value is -2.74. The Balaban J connectivity index is 1.68. The van der Waals surface area contributed by atoms with Crippen LogP contribution >= 0.6 is 0 Å². The molecule has 0 aliphatic carbocycles. The van der Waals surface area contributed by atoms with Gasteiger partial charge < -0.3 is 14.1 Å². The molecule has 1 amide bonds. The second kappa shape index (κ2) is 9.63. The van der Waals surface area contributed by atoms with Crippen molar-refractivity contribution in [1.29, 1.82) is 0 Å². The van der Waals surface area contributed by atoms with Crippen molar-refractivity contribution in [1.82, 2.24) is 13.5 Å². The third kappa shape index (κ3) is 5.43. The standard InChI is InChI=1S/C20H25N3O8S2/c1-15(24)22-9-11-23(12-10-22)32(26,27)18-6-4-5-16(13-18)20(25)30-14-17-7-8-19(31-17)33(28,29)21(2)3/h4-8,13H,9-12,14H2,1-3H3. The van der Waals surface area contributed by atoms with E-state index in [1.807, 2.05) is 0 Å². The number of benzene rings is 1. The van der Waals surface area contributed by atoms with Gasteiger partial charge in [-0.15, -0.1) is 0 Å². The highest BCUT2D eigenvalue weighted by Crippen LogP contribution is 2.21. The van der Waals surface area contributed by atoms with Gasteiger partial charge in [-0.05, 0) is 30.3 Å². The van der Waals surface area contributed by atoms with E-state index >= 15 is 0 Å². The summed E-state index contributed by atoms with van der Waals surface area (Å²) in [6, 6.07) is 8.10. The van der Waals surface area contributed by atoms with Crippen LogP contribution in [0.15, 0.2) is 50.8 Å². The summed E-state index contributed by atoms with van der Waals surface area (Å²) in [5.74, 6) is -0.780. The molecule has 3 rings (SSSR count). The van der Waals surface area contributed by atoms with Crippen LogP contribution in [-0.2, 0) is 36.2 Å². The van der Waals surface area contributed by atoms with Gasteiger partial charge in [-0.2, -0.15) is 4.31 Å². The predicted molar refractivity (Wildman–Crippen MR) is 116 cm³/mol. The molecule has 1 aliphatic heterocycles. The first-order chi connectivity index (χ1) is 15.4. The van der Waals surface area contributed by atoms with Crippen LogP contribution in [0.2, 0.25) is 0 Å². The molecule has 1 aromatic heterocycles. The zero-order valence-electron chi connectivity index (χ0n) is 18.4. The number of furan rings is 1. The summed E-state index contributed by atoms with van der Waals surface area (Å²) in [6.45, 7) is 2.02. The first kappa shape index (κ1) is 24.9. The van der Waals surface area contributed by atoms with E-state index in [2.05, 4.69) is 0 Å². The van der Waals surface area contributed by atoms with Gasteiger partial charge in [0.1, 0.15) is 12.4 Å². The van der Waals surface area contributed by atoms with E-state index in [0.717, 1.165) is 4.31 Å². The van der Waals surface area contributed by atoms with Gasteiger partial charge >= 0.3 is 5.97 Å². The van der Waals surface area contributed by atoms with Crippen LogP contribution in [0.5, 0.6) is 0 Å². The highest BCUT2D eigenvalue weighted by Gasteiger charge is 2.30. The van der Waals surface area contributed by atoms with Crippen molar-refractivity contribution in [2.75, 3.05) is 40.3 Å². The maximum absolute atomic E-state index is 13.0. The molecule has 0 unspecified atom stereocenters. The summed E-state index contributed by atoms with van der Waals surface area (Å²) in [5.41, 5.74) is 0.0196. The number of ether oxygens (including phenoxy) is 1. The van der Waals surface area contributed by atoms with Gasteiger partial charge in [-0.25, -0.2) is 25.9 Å². The molecule has 33 heavy (non-hydrogen) atoms. The number of nitrogens with zero attached hydrogens (tertiary/aromatic N) is 3. The zero-order valence-corrected chi connectivity index (χ0v) is 20.1. The molecule has 1 aromatic carbocycles. The van der Waals surface area contributed by atoms with Crippen LogP contribution in [0, 0.1) is 0 Å². The fraction of sp³-hybridized carbons (Fsp3) is 0.400. The number of carbonyl (C=O) groups is 2. The minimum absolute atomic E-state index is 0.0196. The number of carbonyl (C=O) groups excluding carboxylic acids is 2. The Bertz CT molecular complexity index is 1240. The van der Waals surface area contributed by atoms with Gasteiger partial charge in [0, 0.05) is 47.2 Å². The molecule has 1 saturated heterocycles. The molecule has 2 aromatic rings. The maximum Gasteiger partial charge on any atom is 0.338 e. The van der Waals surface area contributed by atoms with Gasteiger partial charge in [0.05, 0.1) is 10.5 Å². The molecule has 180 valence electrons. The van der Waals surface area contributed by atoms with E-state index in [4.69, 9.17) is 9.15 Å². The lowest BCUT2D eigenvalue weighted by molar-refractivity contribution is -0.129. The summed E-state index contributed by atoms with van der Waals surface area (Å²) in [4.78, 5) is 25.4. The van der Waals surface area contributed by atoms with Crippen LogP contribution in [0.4, 0.5) is 0 Å². The minimum Gasteiger partial charge on any atom is -0.454 e. The molecule has 1 aliphatic rings. The van der Waals surface area contributed by atoms with Crippen molar-refractivity contribution in [2.45, 2.75) is 23.5 Å². The van der Waals surface area contributed by atoms with Crippen molar-refractivity contribution < 1.29 is 35.6 Å². The van der Waals surface area contributed by atoms with Crippen LogP contribution in [0.25, 0.3) is 0 Å². The summed E-state index contributed by atoms with van der Waals surface area (Å²) in [5, 5.41) is -0.281. The topological polar surface area (TPSA) is 135 Å². The van der Waals surface area contributed by atoms with Gasteiger partial charge in [0.25, 0.3) is 10.0 Å². The third-order valence-electron chi connectivity index (χ3n) is 5.11. The molecular weight excluding hydrogens is 474 g/mol. The lowest BCUT2D eigenvalue weighted by Gasteiger charge is -2.33. The van der Waals surface area contributed by atoms with Gasteiger partial charge in [0.15, 0.2) is 0 Å². The van der Waals surface area contributed by atoms with Crippen LogP contribution in [0.3, 0.4) is 0 Å². The number of rotatable bonds is 7. The van der Waals surface area contributed by atoms with E-state index in [1.165, 1.54) is 61.7 Å². The largest absolute Gasteiger partial charge is 0.454 e. The first-order valence-electron chi connectivity index (χ1n) is 9.97. The Labute approximate surface area is 192 Å². The smallest absolute Gasteiger partial charge is 0.338 e. The van der Waals surface area contributed by atoms with Crippen molar-refractivity contribution in [3.8, 4) is 0 Å². The van der Waals surface area contributed by atoms with Crippen LogP contribution in [0.1, 0.15) is 23.0 Å². The number of sulfonamides is 2. The van der Waals surface area contributed by atoms with Crippen molar-refractivity contribution >= 4 is 31.9 Å².